The van der Waals surface area contributed by atoms with Crippen LogP contribution in [-0.4, -0.2) is 33.0 Å². The van der Waals surface area contributed by atoms with Crippen LogP contribution in [0.4, 0.5) is 0 Å². The van der Waals surface area contributed by atoms with Gasteiger partial charge in [-0.2, -0.15) is 0 Å². The van der Waals surface area contributed by atoms with Gasteiger partial charge in [0.15, 0.2) is 0 Å². The highest BCUT2D eigenvalue weighted by atomic mass is 32.2. The van der Waals surface area contributed by atoms with Gasteiger partial charge in [0.1, 0.15) is 5.25 Å². The highest BCUT2D eigenvalue weighted by Gasteiger charge is 2.23. The number of carboxylic acids is 1. The molecule has 0 amide bonds. The minimum atomic E-state index is -2.43. The van der Waals surface area contributed by atoms with Crippen molar-refractivity contribution in [2.24, 2.45) is 0 Å². The summed E-state index contributed by atoms with van der Waals surface area (Å²) in [5.41, 5.74) is 0. The molecule has 0 fully saturated rings. The Bertz CT molecular complexity index is 170. The lowest BCUT2D eigenvalue weighted by Crippen LogP contribution is -2.33. The van der Waals surface area contributed by atoms with Crippen LogP contribution >= 0.6 is 0 Å². The zero-order valence-corrected chi connectivity index (χ0v) is 7.39. The van der Waals surface area contributed by atoms with Crippen molar-refractivity contribution in [3.8, 4) is 0 Å². The summed E-state index contributed by atoms with van der Waals surface area (Å²) in [6.45, 7) is 1.73. The second kappa shape index (κ2) is 3.14. The summed E-state index contributed by atoms with van der Waals surface area (Å²) >= 11 is 0. The summed E-state index contributed by atoms with van der Waals surface area (Å²) in [4.78, 5) is 10.4. The number of hydrogen-bond acceptors (Lipinski definition) is 2. The van der Waals surface area contributed by atoms with E-state index in [0.29, 0.717) is 6.42 Å². The summed E-state index contributed by atoms with van der Waals surface area (Å²) in [6.07, 6.45) is 3.46. The number of rotatable bonds is 3. The molecule has 62 valence electrons. The lowest BCUT2D eigenvalue weighted by molar-refractivity contribution is -0.136. The largest absolute Gasteiger partial charge is 0.480 e. The van der Waals surface area contributed by atoms with E-state index in [-0.39, 0.29) is 0 Å². The standard InChI is InChI=1S/C6H14O3S/c1-4-5(6(7)8)10(2,3)9/h5,10H,4H2,1-3H3,(H,7,8). The van der Waals surface area contributed by atoms with E-state index in [1.807, 2.05) is 0 Å². The Hall–Kier alpha value is -0.380. The van der Waals surface area contributed by atoms with Gasteiger partial charge in [0.05, 0.1) is 0 Å². The maximum Gasteiger partial charge on any atom is 0.317 e. The number of thiol groups is 1. The van der Waals surface area contributed by atoms with E-state index < -0.39 is 21.2 Å². The molecule has 0 aromatic heterocycles. The zero-order valence-electron chi connectivity index (χ0n) is 6.50. The second-order valence-electron chi connectivity index (χ2n) is 2.70. The molecule has 0 saturated heterocycles. The summed E-state index contributed by atoms with van der Waals surface area (Å²) < 4.78 is 11.2. The molecule has 0 aliphatic carbocycles. The molecule has 0 heterocycles. The van der Waals surface area contributed by atoms with Gasteiger partial charge < -0.3 is 5.11 Å². The Morgan fingerprint density at radius 1 is 1.60 bits per heavy atom. The molecular formula is C6H14O3S. The summed E-state index contributed by atoms with van der Waals surface area (Å²) in [6, 6.07) is 0. The first-order valence-corrected chi connectivity index (χ1v) is 5.84. The second-order valence-corrected chi connectivity index (χ2v) is 6.19. The molecule has 0 saturated carbocycles. The third-order valence-electron chi connectivity index (χ3n) is 1.42. The Morgan fingerprint density at radius 3 is 2.00 bits per heavy atom. The van der Waals surface area contributed by atoms with E-state index >= 15 is 0 Å². The molecule has 1 N–H and O–H groups in total. The molecule has 0 aromatic rings. The van der Waals surface area contributed by atoms with Gasteiger partial charge in [0.2, 0.25) is 0 Å². The van der Waals surface area contributed by atoms with Crippen molar-refractivity contribution in [3.05, 3.63) is 0 Å². The predicted octanol–water partition coefficient (Wildman–Crippen LogP) is 0.126. The first-order chi connectivity index (χ1) is 4.39. The van der Waals surface area contributed by atoms with Gasteiger partial charge in [-0.15, -0.1) is 0 Å². The molecule has 1 atom stereocenters. The third-order valence-corrected chi connectivity index (χ3v) is 3.51. The maximum atomic E-state index is 11.2. The minimum Gasteiger partial charge on any atom is -0.480 e. The summed E-state index contributed by atoms with van der Waals surface area (Å²) in [5, 5.41) is 7.88. The molecule has 4 heteroatoms. The van der Waals surface area contributed by atoms with E-state index in [4.69, 9.17) is 5.11 Å². The van der Waals surface area contributed by atoms with Crippen LogP contribution in [0.1, 0.15) is 13.3 Å². The molecule has 0 bridgehead atoms. The normalized spacial score (nSPS) is 16.3. The van der Waals surface area contributed by atoms with Gasteiger partial charge in [0, 0.05) is 0 Å². The topological polar surface area (TPSA) is 54.4 Å². The first kappa shape index (κ1) is 9.62. The highest BCUT2D eigenvalue weighted by molar-refractivity contribution is 8.02. The SMILES string of the molecule is CCC(C(=O)O)[SH](C)(C)=O. The van der Waals surface area contributed by atoms with Crippen LogP contribution in [0.2, 0.25) is 0 Å². The molecule has 0 aromatic carbocycles. The van der Waals surface area contributed by atoms with Crippen molar-refractivity contribution >= 4 is 15.9 Å². The fourth-order valence-corrected chi connectivity index (χ4v) is 2.29. The first-order valence-electron chi connectivity index (χ1n) is 3.17. The minimum absolute atomic E-state index is 0.444. The van der Waals surface area contributed by atoms with Crippen LogP contribution < -0.4 is 0 Å². The molecular weight excluding hydrogens is 152 g/mol. The lowest BCUT2D eigenvalue weighted by atomic mass is 10.3. The van der Waals surface area contributed by atoms with E-state index in [9.17, 15) is 9.00 Å². The quantitative estimate of drug-likeness (QED) is 0.586. The fraction of sp³-hybridized carbons (Fsp3) is 0.833. The Labute approximate surface area is 61.9 Å². The molecule has 0 aliphatic heterocycles. The summed E-state index contributed by atoms with van der Waals surface area (Å²) in [5.74, 6) is -0.948. The average molecular weight is 166 g/mol. The van der Waals surface area contributed by atoms with Crippen molar-refractivity contribution in [3.63, 3.8) is 0 Å². The van der Waals surface area contributed by atoms with E-state index in [1.165, 1.54) is 12.5 Å². The zero-order chi connectivity index (χ0) is 8.36. The van der Waals surface area contributed by atoms with E-state index in [2.05, 4.69) is 0 Å². The average Bonchev–Trinajstić information content (AvgIpc) is 1.60. The Kier molecular flexibility index (Phi) is 3.02. The Morgan fingerprint density at radius 2 is 2.00 bits per heavy atom. The van der Waals surface area contributed by atoms with Crippen LogP contribution in [0.5, 0.6) is 0 Å². The van der Waals surface area contributed by atoms with Crippen molar-refractivity contribution in [1.29, 1.82) is 0 Å². The molecule has 0 rings (SSSR count). The predicted molar refractivity (Wildman–Crippen MR) is 43.1 cm³/mol. The molecule has 1 unspecified atom stereocenters. The monoisotopic (exact) mass is 166 g/mol. The highest BCUT2D eigenvalue weighted by Crippen LogP contribution is 2.09. The number of hydrogen-bond donors (Lipinski definition) is 2. The fourth-order valence-electron chi connectivity index (χ4n) is 0.880. The number of carboxylic acid groups (broad SMARTS) is 1. The van der Waals surface area contributed by atoms with Crippen molar-refractivity contribution in [2.75, 3.05) is 12.5 Å². The van der Waals surface area contributed by atoms with Gasteiger partial charge in [-0.3, -0.25) is 9.00 Å². The third kappa shape index (κ3) is 2.47. The van der Waals surface area contributed by atoms with Crippen molar-refractivity contribution in [2.45, 2.75) is 18.6 Å². The van der Waals surface area contributed by atoms with Crippen LogP contribution in [0.3, 0.4) is 0 Å². The van der Waals surface area contributed by atoms with Crippen molar-refractivity contribution < 1.29 is 14.1 Å². The van der Waals surface area contributed by atoms with Gasteiger partial charge in [-0.25, -0.2) is 0 Å². The molecule has 0 radical (unpaired) electrons. The number of aliphatic carboxylic acids is 1. The van der Waals surface area contributed by atoms with Gasteiger partial charge in [-0.1, -0.05) is 16.9 Å². The Balaban J connectivity index is 4.38. The van der Waals surface area contributed by atoms with Crippen LogP contribution in [0, 0.1) is 0 Å². The maximum absolute atomic E-state index is 11.2. The molecule has 10 heavy (non-hydrogen) atoms. The van der Waals surface area contributed by atoms with Crippen LogP contribution in [0.15, 0.2) is 0 Å². The molecule has 3 nitrogen and oxygen atoms in total. The smallest absolute Gasteiger partial charge is 0.317 e. The van der Waals surface area contributed by atoms with Gasteiger partial charge in [0.25, 0.3) is 0 Å². The van der Waals surface area contributed by atoms with Gasteiger partial charge >= 0.3 is 5.97 Å². The number of carbonyl (C=O) groups is 1. The molecule has 0 aliphatic rings. The van der Waals surface area contributed by atoms with Crippen molar-refractivity contribution in [1.82, 2.24) is 0 Å². The van der Waals surface area contributed by atoms with Gasteiger partial charge in [-0.05, 0) is 18.9 Å². The van der Waals surface area contributed by atoms with E-state index in [1.54, 1.807) is 6.92 Å². The summed E-state index contributed by atoms with van der Waals surface area (Å²) in [7, 11) is -2.43. The molecule has 0 spiro atoms. The van der Waals surface area contributed by atoms with Crippen LogP contribution in [-0.2, 0) is 14.7 Å². The van der Waals surface area contributed by atoms with E-state index in [0.717, 1.165) is 0 Å². The van der Waals surface area contributed by atoms with Crippen LogP contribution in [0.25, 0.3) is 0 Å². The lowest BCUT2D eigenvalue weighted by Gasteiger charge is -2.19.